The number of carboxylic acids is 1. The number of hydrogen-bond donors (Lipinski definition) is 2. The zero-order valence-corrected chi connectivity index (χ0v) is 19.7. The Hall–Kier alpha value is -3.17. The molecule has 2 aromatic rings. The molecule has 33 heavy (non-hydrogen) atoms. The second-order valence-corrected chi connectivity index (χ2v) is 8.67. The molecule has 0 radical (unpaired) electrons. The fourth-order valence-corrected chi connectivity index (χ4v) is 3.66. The largest absolute Gasteiger partial charge is 0.493 e. The Bertz CT molecular complexity index is 976. The van der Waals surface area contributed by atoms with E-state index >= 15 is 0 Å². The van der Waals surface area contributed by atoms with Gasteiger partial charge in [-0.2, -0.15) is 5.10 Å². The Balaban J connectivity index is 2.58. The van der Waals surface area contributed by atoms with Crippen LogP contribution in [0.1, 0.15) is 51.0 Å². The highest BCUT2D eigenvalue weighted by Crippen LogP contribution is 2.42. The van der Waals surface area contributed by atoms with Crippen LogP contribution in [-0.2, 0) is 11.3 Å². The van der Waals surface area contributed by atoms with Gasteiger partial charge in [0, 0.05) is 18.7 Å². The Labute approximate surface area is 191 Å². The molecule has 0 unspecified atom stereocenters. The average molecular weight is 468 g/mol. The molecule has 1 aromatic carbocycles. The summed E-state index contributed by atoms with van der Waals surface area (Å²) in [6, 6.07) is 1.47. The van der Waals surface area contributed by atoms with E-state index in [1.54, 1.807) is 0 Å². The summed E-state index contributed by atoms with van der Waals surface area (Å²) in [6.45, 7) is 8.05. The zero-order valence-electron chi connectivity index (χ0n) is 19.7. The average Bonchev–Trinajstić information content (AvgIpc) is 3.09. The van der Waals surface area contributed by atoms with Gasteiger partial charge in [0.15, 0.2) is 28.8 Å². The van der Waals surface area contributed by atoms with Crippen molar-refractivity contribution in [2.75, 3.05) is 14.2 Å². The SMILES string of the molecule is COc1c(F)cc(F)c(OC)c1-c1cc(C(=O)N[C@H](CC(=O)O)CC(C)C)nn1CC(C)C. The molecule has 8 nitrogen and oxygen atoms in total. The first-order valence-corrected chi connectivity index (χ1v) is 10.7. The molecule has 1 aromatic heterocycles. The molecule has 1 atom stereocenters. The normalized spacial score (nSPS) is 12.2. The van der Waals surface area contributed by atoms with Crippen LogP contribution in [0, 0.1) is 23.5 Å². The van der Waals surface area contributed by atoms with Crippen LogP contribution >= 0.6 is 0 Å². The lowest BCUT2D eigenvalue weighted by Gasteiger charge is -2.18. The lowest BCUT2D eigenvalue weighted by molar-refractivity contribution is -0.137. The number of hydrogen-bond acceptors (Lipinski definition) is 5. The van der Waals surface area contributed by atoms with E-state index < -0.39 is 29.6 Å². The number of rotatable bonds is 11. The number of methoxy groups -OCH3 is 2. The van der Waals surface area contributed by atoms with Gasteiger partial charge in [-0.1, -0.05) is 27.7 Å². The molecular weight excluding hydrogens is 436 g/mol. The van der Waals surface area contributed by atoms with Crippen molar-refractivity contribution < 1.29 is 33.0 Å². The number of carboxylic acid groups (broad SMARTS) is 1. The van der Waals surface area contributed by atoms with Crippen molar-refractivity contribution in [2.24, 2.45) is 11.8 Å². The van der Waals surface area contributed by atoms with Crippen molar-refractivity contribution in [1.29, 1.82) is 0 Å². The molecule has 1 amide bonds. The molecule has 0 spiro atoms. The number of aliphatic carboxylic acids is 1. The smallest absolute Gasteiger partial charge is 0.305 e. The van der Waals surface area contributed by atoms with E-state index in [2.05, 4.69) is 10.4 Å². The summed E-state index contributed by atoms with van der Waals surface area (Å²) in [5.41, 5.74) is 0.215. The van der Waals surface area contributed by atoms with Crippen LogP contribution in [0.15, 0.2) is 12.1 Å². The van der Waals surface area contributed by atoms with Gasteiger partial charge in [0.05, 0.1) is 31.9 Å². The molecule has 0 saturated carbocycles. The van der Waals surface area contributed by atoms with Crippen LogP contribution in [0.5, 0.6) is 11.5 Å². The number of aromatic nitrogens is 2. The number of carbonyl (C=O) groups excluding carboxylic acids is 1. The minimum Gasteiger partial charge on any atom is -0.493 e. The number of amides is 1. The first-order chi connectivity index (χ1) is 15.5. The van der Waals surface area contributed by atoms with Gasteiger partial charge < -0.3 is 19.9 Å². The van der Waals surface area contributed by atoms with Gasteiger partial charge >= 0.3 is 5.97 Å². The van der Waals surface area contributed by atoms with Crippen LogP contribution in [0.4, 0.5) is 8.78 Å². The topological polar surface area (TPSA) is 103 Å². The van der Waals surface area contributed by atoms with Gasteiger partial charge in [-0.3, -0.25) is 14.3 Å². The summed E-state index contributed by atoms with van der Waals surface area (Å²) in [5, 5.41) is 16.2. The Morgan fingerprint density at radius 3 is 2.09 bits per heavy atom. The predicted octanol–water partition coefficient (Wildman–Crippen LogP) is 4.12. The van der Waals surface area contributed by atoms with Crippen molar-refractivity contribution in [1.82, 2.24) is 15.1 Å². The van der Waals surface area contributed by atoms with Crippen molar-refractivity contribution in [2.45, 2.75) is 53.1 Å². The Kier molecular flexibility index (Phi) is 8.78. The minimum absolute atomic E-state index is 0.00559. The molecule has 0 aliphatic rings. The fraction of sp³-hybridized carbons (Fsp3) is 0.522. The molecule has 0 bridgehead atoms. The number of carbonyl (C=O) groups is 2. The van der Waals surface area contributed by atoms with E-state index in [0.717, 1.165) is 0 Å². The molecule has 10 heteroatoms. The van der Waals surface area contributed by atoms with E-state index in [-0.39, 0.29) is 46.7 Å². The van der Waals surface area contributed by atoms with E-state index in [1.165, 1.54) is 25.0 Å². The first-order valence-electron chi connectivity index (χ1n) is 10.7. The number of halogens is 2. The molecule has 182 valence electrons. The lowest BCUT2D eigenvalue weighted by Crippen LogP contribution is -2.37. The minimum atomic E-state index is -1.03. The van der Waals surface area contributed by atoms with Gasteiger partial charge in [-0.05, 0) is 24.3 Å². The zero-order chi connectivity index (χ0) is 24.9. The fourth-order valence-electron chi connectivity index (χ4n) is 3.66. The number of nitrogens with zero attached hydrogens (tertiary/aromatic N) is 2. The third-order valence-corrected chi connectivity index (χ3v) is 4.87. The van der Waals surface area contributed by atoms with Crippen LogP contribution in [0.2, 0.25) is 0 Å². The third kappa shape index (κ3) is 6.43. The lowest BCUT2D eigenvalue weighted by atomic mass is 10.0. The highest BCUT2D eigenvalue weighted by Gasteiger charge is 2.28. The first kappa shape index (κ1) is 26.1. The van der Waals surface area contributed by atoms with E-state index in [9.17, 15) is 23.5 Å². The van der Waals surface area contributed by atoms with Crippen molar-refractivity contribution in [3.63, 3.8) is 0 Å². The predicted molar refractivity (Wildman–Crippen MR) is 118 cm³/mol. The quantitative estimate of drug-likeness (QED) is 0.515. The number of benzene rings is 1. The van der Waals surface area contributed by atoms with Crippen LogP contribution < -0.4 is 14.8 Å². The van der Waals surface area contributed by atoms with E-state index in [0.29, 0.717) is 19.0 Å². The standard InChI is InChI=1S/C23H31F2N3O5/c1-12(2)7-14(8-19(29)30)26-23(31)17-10-18(28(27-17)11-13(3)4)20-21(32-5)15(24)9-16(25)22(20)33-6/h9-10,12-14H,7-8,11H2,1-6H3,(H,26,31)(H,29,30)/t14-/m0/s1. The Morgan fingerprint density at radius 2 is 1.64 bits per heavy atom. The van der Waals surface area contributed by atoms with Gasteiger partial charge in [-0.15, -0.1) is 0 Å². The van der Waals surface area contributed by atoms with Gasteiger partial charge in [0.1, 0.15) is 0 Å². The van der Waals surface area contributed by atoms with Crippen molar-refractivity contribution in [3.8, 4) is 22.8 Å². The molecule has 2 rings (SSSR count). The number of ether oxygens (including phenoxy) is 2. The van der Waals surface area contributed by atoms with Crippen LogP contribution in [-0.4, -0.2) is 47.0 Å². The molecular formula is C23H31F2N3O5. The second kappa shape index (κ2) is 11.1. The maximum Gasteiger partial charge on any atom is 0.305 e. The third-order valence-electron chi connectivity index (χ3n) is 4.87. The van der Waals surface area contributed by atoms with E-state index in [4.69, 9.17) is 9.47 Å². The van der Waals surface area contributed by atoms with Crippen molar-refractivity contribution >= 4 is 11.9 Å². The summed E-state index contributed by atoms with van der Waals surface area (Å²) in [6.07, 6.45) is 0.231. The molecule has 1 heterocycles. The van der Waals surface area contributed by atoms with Gasteiger partial charge in [0.2, 0.25) is 0 Å². The monoisotopic (exact) mass is 467 g/mol. The molecule has 0 fully saturated rings. The molecule has 0 saturated heterocycles. The van der Waals surface area contributed by atoms with Crippen LogP contribution in [0.25, 0.3) is 11.3 Å². The summed E-state index contributed by atoms with van der Waals surface area (Å²) in [4.78, 5) is 24.2. The highest BCUT2D eigenvalue weighted by atomic mass is 19.1. The van der Waals surface area contributed by atoms with Crippen LogP contribution in [0.3, 0.4) is 0 Å². The van der Waals surface area contributed by atoms with E-state index in [1.807, 2.05) is 27.7 Å². The Morgan fingerprint density at radius 1 is 1.06 bits per heavy atom. The maximum atomic E-state index is 14.5. The van der Waals surface area contributed by atoms with Crippen molar-refractivity contribution in [3.05, 3.63) is 29.5 Å². The van der Waals surface area contributed by atoms with Gasteiger partial charge in [-0.25, -0.2) is 8.78 Å². The summed E-state index contributed by atoms with van der Waals surface area (Å²) >= 11 is 0. The summed E-state index contributed by atoms with van der Waals surface area (Å²) in [7, 11) is 2.50. The highest BCUT2D eigenvalue weighted by molar-refractivity contribution is 5.94. The maximum absolute atomic E-state index is 14.5. The second-order valence-electron chi connectivity index (χ2n) is 8.67. The molecule has 0 aliphatic carbocycles. The van der Waals surface area contributed by atoms with Gasteiger partial charge in [0.25, 0.3) is 5.91 Å². The number of nitrogens with one attached hydrogen (secondary N) is 1. The summed E-state index contributed by atoms with van der Waals surface area (Å²) in [5.74, 6) is -3.69. The molecule has 2 N–H and O–H groups in total. The summed E-state index contributed by atoms with van der Waals surface area (Å²) < 4.78 is 40.8. The molecule has 0 aliphatic heterocycles.